The summed E-state index contributed by atoms with van der Waals surface area (Å²) in [5, 5.41) is 6.44. The third-order valence-corrected chi connectivity index (χ3v) is 5.06. The third kappa shape index (κ3) is 5.07. The lowest BCUT2D eigenvalue weighted by atomic mass is 9.79. The van der Waals surface area contributed by atoms with Crippen LogP contribution < -0.4 is 10.6 Å². The van der Waals surface area contributed by atoms with E-state index in [1.807, 2.05) is 25.7 Å². The number of ether oxygens (including phenoxy) is 1. The second-order valence-corrected chi connectivity index (χ2v) is 7.98. The van der Waals surface area contributed by atoms with Crippen molar-refractivity contribution in [1.29, 1.82) is 0 Å². The van der Waals surface area contributed by atoms with Gasteiger partial charge in [-0.3, -0.25) is 9.59 Å². The van der Waals surface area contributed by atoms with Crippen molar-refractivity contribution in [3.63, 3.8) is 0 Å². The number of halogens is 1. The average Bonchev–Trinajstić information content (AvgIpc) is 2.88. The maximum Gasteiger partial charge on any atom is 0.225 e. The Morgan fingerprint density at radius 3 is 2.50 bits per heavy atom. The van der Waals surface area contributed by atoms with Crippen LogP contribution in [0.15, 0.2) is 0 Å². The van der Waals surface area contributed by atoms with Crippen molar-refractivity contribution in [3.8, 4) is 0 Å². The number of carbonyl (C=O) groups is 2. The van der Waals surface area contributed by atoms with Crippen molar-refractivity contribution in [2.75, 3.05) is 39.9 Å². The minimum Gasteiger partial charge on any atom is -0.384 e. The quantitative estimate of drug-likeness (QED) is 0.771. The van der Waals surface area contributed by atoms with Gasteiger partial charge < -0.3 is 20.3 Å². The van der Waals surface area contributed by atoms with Crippen molar-refractivity contribution >= 4 is 24.2 Å². The molecule has 24 heavy (non-hydrogen) atoms. The summed E-state index contributed by atoms with van der Waals surface area (Å²) in [5.41, 5.74) is -0.208. The van der Waals surface area contributed by atoms with E-state index in [0.717, 1.165) is 25.9 Å². The molecule has 6 nitrogen and oxygen atoms in total. The van der Waals surface area contributed by atoms with E-state index in [4.69, 9.17) is 4.74 Å². The number of nitrogens with one attached hydrogen (secondary N) is 2. The van der Waals surface area contributed by atoms with Crippen LogP contribution in [0.25, 0.3) is 0 Å². The van der Waals surface area contributed by atoms with Crippen LogP contribution in [0.1, 0.15) is 40.0 Å². The second-order valence-electron chi connectivity index (χ2n) is 7.98. The summed E-state index contributed by atoms with van der Waals surface area (Å²) in [6.45, 7) is 9.74. The van der Waals surface area contributed by atoms with Crippen LogP contribution in [0.4, 0.5) is 0 Å². The summed E-state index contributed by atoms with van der Waals surface area (Å²) >= 11 is 0. The lowest BCUT2D eigenvalue weighted by Gasteiger charge is -2.37. The SMILES string of the molecule is COCC1(CNC(=O)C2CC(=O)N(C(C)(C)C)C2)CCNCC1.Cl. The number of rotatable bonds is 5. The van der Waals surface area contributed by atoms with Crippen molar-refractivity contribution in [2.45, 2.75) is 45.6 Å². The average molecular weight is 362 g/mol. The van der Waals surface area contributed by atoms with Crippen LogP contribution in [-0.4, -0.2) is 62.1 Å². The summed E-state index contributed by atoms with van der Waals surface area (Å²) in [4.78, 5) is 26.4. The fourth-order valence-electron chi connectivity index (χ4n) is 3.59. The number of hydrogen-bond acceptors (Lipinski definition) is 4. The molecule has 2 heterocycles. The van der Waals surface area contributed by atoms with Crippen LogP contribution in [0.5, 0.6) is 0 Å². The summed E-state index contributed by atoms with van der Waals surface area (Å²) in [5.74, 6) is -0.159. The van der Waals surface area contributed by atoms with Gasteiger partial charge in [0.25, 0.3) is 0 Å². The lowest BCUT2D eigenvalue weighted by molar-refractivity contribution is -0.132. The topological polar surface area (TPSA) is 70.7 Å². The van der Waals surface area contributed by atoms with E-state index in [1.165, 1.54) is 0 Å². The van der Waals surface area contributed by atoms with Gasteiger partial charge in [0.05, 0.1) is 12.5 Å². The molecule has 2 N–H and O–H groups in total. The molecule has 140 valence electrons. The molecule has 0 aromatic carbocycles. The molecule has 0 aromatic heterocycles. The van der Waals surface area contributed by atoms with E-state index < -0.39 is 0 Å². The first-order valence-electron chi connectivity index (χ1n) is 8.55. The van der Waals surface area contributed by atoms with Crippen molar-refractivity contribution in [3.05, 3.63) is 0 Å². The van der Waals surface area contributed by atoms with Crippen LogP contribution in [0.2, 0.25) is 0 Å². The van der Waals surface area contributed by atoms with Crippen LogP contribution in [0.3, 0.4) is 0 Å². The normalized spacial score (nSPS) is 23.8. The minimum absolute atomic E-state index is 0. The van der Waals surface area contributed by atoms with E-state index in [-0.39, 0.29) is 41.1 Å². The second kappa shape index (κ2) is 8.50. The van der Waals surface area contributed by atoms with Gasteiger partial charge in [-0.05, 0) is 46.7 Å². The standard InChI is InChI=1S/C17H31N3O3.ClH/c1-16(2,3)20-10-13(9-14(20)21)15(22)19-11-17(12-23-4)5-7-18-8-6-17;/h13,18H,5-12H2,1-4H3,(H,19,22);1H. The summed E-state index contributed by atoms with van der Waals surface area (Å²) in [6.07, 6.45) is 2.32. The van der Waals surface area contributed by atoms with Gasteiger partial charge in [-0.25, -0.2) is 0 Å². The first-order chi connectivity index (χ1) is 10.8. The van der Waals surface area contributed by atoms with Crippen molar-refractivity contribution in [2.24, 2.45) is 11.3 Å². The number of methoxy groups -OCH3 is 1. The molecule has 0 saturated carbocycles. The molecule has 2 aliphatic heterocycles. The van der Waals surface area contributed by atoms with Gasteiger partial charge >= 0.3 is 0 Å². The summed E-state index contributed by atoms with van der Waals surface area (Å²) in [7, 11) is 1.71. The molecule has 0 aliphatic carbocycles. The van der Waals surface area contributed by atoms with Gasteiger partial charge in [0, 0.05) is 37.6 Å². The van der Waals surface area contributed by atoms with Gasteiger partial charge in [0.15, 0.2) is 0 Å². The first-order valence-corrected chi connectivity index (χ1v) is 8.55. The van der Waals surface area contributed by atoms with Crippen molar-refractivity contribution < 1.29 is 14.3 Å². The molecule has 2 fully saturated rings. The molecule has 0 radical (unpaired) electrons. The zero-order valence-corrected chi connectivity index (χ0v) is 16.1. The Morgan fingerprint density at radius 2 is 2.00 bits per heavy atom. The smallest absolute Gasteiger partial charge is 0.225 e. The van der Waals surface area contributed by atoms with Gasteiger partial charge in [-0.15, -0.1) is 12.4 Å². The predicted octanol–water partition coefficient (Wildman–Crippen LogP) is 1.19. The van der Waals surface area contributed by atoms with Gasteiger partial charge in [0.1, 0.15) is 0 Å². The molecule has 7 heteroatoms. The van der Waals surface area contributed by atoms with E-state index in [1.54, 1.807) is 7.11 Å². The highest BCUT2D eigenvalue weighted by molar-refractivity contribution is 5.89. The molecular weight excluding hydrogens is 330 g/mol. The largest absolute Gasteiger partial charge is 0.384 e. The monoisotopic (exact) mass is 361 g/mol. The minimum atomic E-state index is -0.233. The number of piperidine rings is 1. The first kappa shape index (κ1) is 21.2. The number of hydrogen-bond donors (Lipinski definition) is 2. The Bertz CT molecular complexity index is 439. The highest BCUT2D eigenvalue weighted by Crippen LogP contribution is 2.29. The molecule has 1 unspecified atom stereocenters. The molecule has 2 amide bonds. The predicted molar refractivity (Wildman–Crippen MR) is 96.2 cm³/mol. The Balaban J connectivity index is 0.00000288. The van der Waals surface area contributed by atoms with Crippen LogP contribution in [-0.2, 0) is 14.3 Å². The van der Waals surface area contributed by atoms with Crippen LogP contribution >= 0.6 is 12.4 Å². The van der Waals surface area contributed by atoms with E-state index >= 15 is 0 Å². The molecule has 0 spiro atoms. The van der Waals surface area contributed by atoms with E-state index in [0.29, 0.717) is 26.1 Å². The summed E-state index contributed by atoms with van der Waals surface area (Å²) < 4.78 is 5.38. The molecule has 1 atom stereocenters. The van der Waals surface area contributed by atoms with Crippen LogP contribution in [0, 0.1) is 11.3 Å². The molecular formula is C17H32ClN3O3. The Morgan fingerprint density at radius 1 is 1.38 bits per heavy atom. The third-order valence-electron chi connectivity index (χ3n) is 5.06. The molecule has 2 aliphatic rings. The Hall–Kier alpha value is -0.850. The fourth-order valence-corrected chi connectivity index (χ4v) is 3.59. The molecule has 0 aromatic rings. The summed E-state index contributed by atoms with van der Waals surface area (Å²) in [6, 6.07) is 0. The maximum absolute atomic E-state index is 12.5. The zero-order valence-electron chi connectivity index (χ0n) is 15.3. The number of amides is 2. The lowest BCUT2D eigenvalue weighted by Crippen LogP contribution is -2.48. The number of nitrogens with zero attached hydrogens (tertiary/aromatic N) is 1. The van der Waals surface area contributed by atoms with Gasteiger partial charge in [-0.1, -0.05) is 0 Å². The van der Waals surface area contributed by atoms with Crippen molar-refractivity contribution in [1.82, 2.24) is 15.5 Å². The van der Waals surface area contributed by atoms with Gasteiger partial charge in [-0.2, -0.15) is 0 Å². The van der Waals surface area contributed by atoms with Gasteiger partial charge in [0.2, 0.25) is 11.8 Å². The molecule has 0 bridgehead atoms. The zero-order chi connectivity index (χ0) is 17.1. The highest BCUT2D eigenvalue weighted by atomic mass is 35.5. The Labute approximate surface area is 151 Å². The fraction of sp³-hybridized carbons (Fsp3) is 0.882. The number of likely N-dealkylation sites (tertiary alicyclic amines) is 1. The Kier molecular flexibility index (Phi) is 7.50. The molecule has 2 rings (SSSR count). The highest BCUT2D eigenvalue weighted by Gasteiger charge is 2.40. The number of carbonyl (C=O) groups excluding carboxylic acids is 2. The van der Waals surface area contributed by atoms with E-state index in [9.17, 15) is 9.59 Å². The maximum atomic E-state index is 12.5. The molecule has 2 saturated heterocycles. The van der Waals surface area contributed by atoms with E-state index in [2.05, 4.69) is 10.6 Å².